The zero-order valence-electron chi connectivity index (χ0n) is 17.9. The summed E-state index contributed by atoms with van der Waals surface area (Å²) in [5, 5.41) is 23.6. The highest BCUT2D eigenvalue weighted by atomic mass is 16.5. The van der Waals surface area contributed by atoms with Crippen molar-refractivity contribution in [2.45, 2.75) is 19.6 Å². The first kappa shape index (κ1) is 20.4. The van der Waals surface area contributed by atoms with Crippen molar-refractivity contribution in [3.8, 4) is 6.07 Å². The van der Waals surface area contributed by atoms with E-state index in [0.717, 1.165) is 21.9 Å². The van der Waals surface area contributed by atoms with Crippen molar-refractivity contribution in [2.75, 3.05) is 11.4 Å². The summed E-state index contributed by atoms with van der Waals surface area (Å²) in [4.78, 5) is 15.2. The molecule has 1 atom stereocenters. The average molecular weight is 436 g/mol. The molecule has 8 heteroatoms. The molecular weight excluding hydrogens is 416 g/mol. The van der Waals surface area contributed by atoms with Crippen molar-refractivity contribution in [3.05, 3.63) is 95.2 Å². The molecule has 2 heterocycles. The van der Waals surface area contributed by atoms with Gasteiger partial charge in [0.25, 0.3) is 5.95 Å². The van der Waals surface area contributed by atoms with E-state index in [1.807, 2.05) is 72.8 Å². The van der Waals surface area contributed by atoms with Crippen LogP contribution in [0.15, 0.2) is 84.1 Å². The predicted molar refractivity (Wildman–Crippen MR) is 122 cm³/mol. The molecule has 0 spiro atoms. The molecule has 1 aromatic heterocycles. The minimum atomic E-state index is -0.598. The predicted octanol–water partition coefficient (Wildman–Crippen LogP) is 3.78. The van der Waals surface area contributed by atoms with E-state index in [-0.39, 0.29) is 13.2 Å². The van der Waals surface area contributed by atoms with Crippen LogP contribution in [0.3, 0.4) is 0 Å². The molecule has 0 fully saturated rings. The highest BCUT2D eigenvalue weighted by molar-refractivity contribution is 5.95. The highest BCUT2D eigenvalue weighted by Crippen LogP contribution is 2.40. The van der Waals surface area contributed by atoms with Crippen molar-refractivity contribution in [1.82, 2.24) is 20.2 Å². The zero-order valence-corrected chi connectivity index (χ0v) is 17.9. The molecule has 5 rings (SSSR count). The van der Waals surface area contributed by atoms with Crippen LogP contribution in [0, 0.1) is 11.3 Å². The third-order valence-corrected chi connectivity index (χ3v) is 5.81. The first-order chi connectivity index (χ1) is 16.2. The molecule has 0 saturated heterocycles. The third kappa shape index (κ3) is 3.59. The Bertz CT molecular complexity index is 1400. The number of hydrogen-bond acceptors (Lipinski definition) is 7. The molecule has 1 aliphatic rings. The van der Waals surface area contributed by atoms with Crippen LogP contribution in [0.2, 0.25) is 0 Å². The van der Waals surface area contributed by atoms with Crippen LogP contribution in [0.5, 0.6) is 0 Å². The van der Waals surface area contributed by atoms with Crippen molar-refractivity contribution in [2.24, 2.45) is 0 Å². The number of anilines is 1. The van der Waals surface area contributed by atoms with Crippen LogP contribution in [-0.2, 0) is 16.1 Å². The molecule has 0 amide bonds. The van der Waals surface area contributed by atoms with Gasteiger partial charge in [-0.05, 0) is 39.2 Å². The molecule has 33 heavy (non-hydrogen) atoms. The maximum Gasteiger partial charge on any atom is 0.338 e. The van der Waals surface area contributed by atoms with Gasteiger partial charge in [-0.15, -0.1) is 0 Å². The first-order valence-corrected chi connectivity index (χ1v) is 10.5. The third-order valence-electron chi connectivity index (χ3n) is 5.81. The van der Waals surface area contributed by atoms with E-state index >= 15 is 0 Å². The Morgan fingerprint density at radius 2 is 1.82 bits per heavy atom. The number of fused-ring (bicyclic) bond motifs is 2. The first-order valence-electron chi connectivity index (χ1n) is 10.5. The van der Waals surface area contributed by atoms with Crippen molar-refractivity contribution in [3.63, 3.8) is 0 Å². The smallest absolute Gasteiger partial charge is 0.338 e. The summed E-state index contributed by atoms with van der Waals surface area (Å²) < 4.78 is 7.32. The molecule has 0 bridgehead atoms. The molecule has 1 unspecified atom stereocenters. The second-order valence-electron chi connectivity index (χ2n) is 7.70. The van der Waals surface area contributed by atoms with Crippen LogP contribution in [-0.4, -0.2) is 32.7 Å². The van der Waals surface area contributed by atoms with Gasteiger partial charge in [0.1, 0.15) is 19.2 Å². The number of hydrogen-bond donors (Lipinski definition) is 0. The van der Waals surface area contributed by atoms with Crippen LogP contribution in [0.25, 0.3) is 10.8 Å². The lowest BCUT2D eigenvalue weighted by Gasteiger charge is -2.33. The Hall–Kier alpha value is -4.51. The maximum absolute atomic E-state index is 13.5. The van der Waals surface area contributed by atoms with E-state index in [1.54, 1.807) is 16.5 Å². The number of tetrazole rings is 1. The maximum atomic E-state index is 13.5. The van der Waals surface area contributed by atoms with Gasteiger partial charge in [0, 0.05) is 5.70 Å². The van der Waals surface area contributed by atoms with E-state index in [1.165, 1.54) is 0 Å². The summed E-state index contributed by atoms with van der Waals surface area (Å²) in [5.74, 6) is -0.0648. The van der Waals surface area contributed by atoms with Gasteiger partial charge >= 0.3 is 5.97 Å². The van der Waals surface area contributed by atoms with E-state index < -0.39 is 12.0 Å². The lowest BCUT2D eigenvalue weighted by atomic mass is 9.91. The quantitative estimate of drug-likeness (QED) is 0.347. The second kappa shape index (κ2) is 8.55. The van der Waals surface area contributed by atoms with Crippen LogP contribution in [0.4, 0.5) is 5.95 Å². The number of ether oxygens (including phenoxy) is 1. The molecule has 0 aliphatic carbocycles. The topological polar surface area (TPSA) is 96.9 Å². The summed E-state index contributed by atoms with van der Waals surface area (Å²) in [6.07, 6.45) is 0. The van der Waals surface area contributed by atoms with Crippen LogP contribution < -0.4 is 4.90 Å². The van der Waals surface area contributed by atoms with E-state index in [0.29, 0.717) is 17.2 Å². The normalized spacial score (nSPS) is 15.3. The second-order valence-corrected chi connectivity index (χ2v) is 7.70. The van der Waals surface area contributed by atoms with Gasteiger partial charge in [0.15, 0.2) is 0 Å². The summed E-state index contributed by atoms with van der Waals surface area (Å²) >= 11 is 0. The fourth-order valence-electron chi connectivity index (χ4n) is 4.25. The van der Waals surface area contributed by atoms with Crippen LogP contribution >= 0.6 is 0 Å². The Morgan fingerprint density at radius 3 is 2.64 bits per heavy atom. The Balaban J connectivity index is 1.64. The number of allylic oxidation sites excluding steroid dienone is 1. The molecule has 8 nitrogen and oxygen atoms in total. The molecule has 3 aromatic carbocycles. The minimum Gasteiger partial charge on any atom is -0.457 e. The number of aromatic nitrogens is 4. The number of carbonyl (C=O) groups excluding carboxylic acids is 1. The Morgan fingerprint density at radius 1 is 1.06 bits per heavy atom. The number of esters is 1. The summed E-state index contributed by atoms with van der Waals surface area (Å²) in [7, 11) is 0. The molecule has 0 N–H and O–H groups in total. The molecule has 1 aliphatic heterocycles. The molecule has 162 valence electrons. The van der Waals surface area contributed by atoms with E-state index in [4.69, 9.17) is 4.74 Å². The number of carbonyl (C=O) groups is 1. The Labute approximate surface area is 190 Å². The SMILES string of the molecule is CC1=C(C(=O)OCc2ccccc2)C(c2cccc3ccccc23)n2nnnc2N1CC#N. The van der Waals surface area contributed by atoms with Gasteiger partial charge in [0.05, 0.1) is 11.6 Å². The van der Waals surface area contributed by atoms with Gasteiger partial charge < -0.3 is 4.74 Å². The fourth-order valence-corrected chi connectivity index (χ4v) is 4.25. The molecule has 0 saturated carbocycles. The van der Waals surface area contributed by atoms with Gasteiger partial charge in [0.2, 0.25) is 0 Å². The number of nitrogens with zero attached hydrogens (tertiary/aromatic N) is 6. The number of benzene rings is 3. The molecule has 4 aromatic rings. The average Bonchev–Trinajstić information content (AvgIpc) is 3.34. The van der Waals surface area contributed by atoms with Crippen molar-refractivity contribution in [1.29, 1.82) is 5.26 Å². The highest BCUT2D eigenvalue weighted by Gasteiger charge is 2.39. The van der Waals surface area contributed by atoms with Gasteiger partial charge in [-0.25, -0.2) is 4.79 Å². The van der Waals surface area contributed by atoms with Crippen molar-refractivity contribution < 1.29 is 9.53 Å². The van der Waals surface area contributed by atoms with Gasteiger partial charge in [-0.1, -0.05) is 77.9 Å². The monoisotopic (exact) mass is 436 g/mol. The lowest BCUT2D eigenvalue weighted by molar-refractivity contribution is -0.140. The van der Waals surface area contributed by atoms with E-state index in [9.17, 15) is 10.1 Å². The summed E-state index contributed by atoms with van der Waals surface area (Å²) in [6.45, 7) is 1.94. The van der Waals surface area contributed by atoms with Gasteiger partial charge in [-0.3, -0.25) is 4.90 Å². The fraction of sp³-hybridized carbons (Fsp3) is 0.160. The summed E-state index contributed by atoms with van der Waals surface area (Å²) in [5.41, 5.74) is 2.76. The standard InChI is InChI=1S/C25H20N6O2/c1-17-22(24(32)33-16-18-8-3-2-4-9-18)23(31-25(27-28-29-31)30(17)15-14-26)21-13-7-11-19-10-5-6-12-20(19)21/h2-13,23H,15-16H2,1H3. The number of rotatable bonds is 5. The largest absolute Gasteiger partial charge is 0.457 e. The zero-order chi connectivity index (χ0) is 22.8. The summed E-state index contributed by atoms with van der Waals surface area (Å²) in [6, 6.07) is 25.0. The van der Waals surface area contributed by atoms with Gasteiger partial charge in [-0.2, -0.15) is 9.94 Å². The minimum absolute atomic E-state index is 0.00390. The van der Waals surface area contributed by atoms with E-state index in [2.05, 4.69) is 21.6 Å². The number of nitriles is 1. The Kier molecular flexibility index (Phi) is 5.29. The van der Waals surface area contributed by atoms with Crippen LogP contribution in [0.1, 0.15) is 24.1 Å². The molecular formula is C25H20N6O2. The van der Waals surface area contributed by atoms with Crippen molar-refractivity contribution >= 4 is 22.7 Å². The lowest BCUT2D eigenvalue weighted by Crippen LogP contribution is -2.37. The molecule has 0 radical (unpaired) electrons.